The third kappa shape index (κ3) is 3.49. The summed E-state index contributed by atoms with van der Waals surface area (Å²) in [6, 6.07) is 3.07. The molecule has 2 aromatic rings. The molecule has 30 heavy (non-hydrogen) atoms. The molecule has 1 aromatic carbocycles. The fourth-order valence-electron chi connectivity index (χ4n) is 4.01. The van der Waals surface area contributed by atoms with Gasteiger partial charge >= 0.3 is 0 Å². The summed E-state index contributed by atoms with van der Waals surface area (Å²) in [5, 5.41) is 13.7. The lowest BCUT2D eigenvalue weighted by atomic mass is 10.0. The maximum Gasteiger partial charge on any atom is 0.275 e. The zero-order valence-corrected chi connectivity index (χ0v) is 16.3. The van der Waals surface area contributed by atoms with E-state index >= 15 is 0 Å². The lowest BCUT2D eigenvalue weighted by molar-refractivity contribution is 0.0382. The van der Waals surface area contributed by atoms with Crippen LogP contribution in [-0.2, 0) is 13.0 Å². The van der Waals surface area contributed by atoms with E-state index in [0.717, 1.165) is 18.7 Å². The summed E-state index contributed by atoms with van der Waals surface area (Å²) in [5.41, 5.74) is -1.16. The quantitative estimate of drug-likeness (QED) is 0.739. The van der Waals surface area contributed by atoms with Gasteiger partial charge in [0.2, 0.25) is 5.43 Å². The highest BCUT2D eigenvalue weighted by Gasteiger charge is 2.38. The number of hydrogen-bond acceptors (Lipinski definition) is 5. The summed E-state index contributed by atoms with van der Waals surface area (Å²) in [5.74, 6) is -3.06. The predicted octanol–water partition coefficient (Wildman–Crippen LogP) is 1.67. The van der Waals surface area contributed by atoms with Gasteiger partial charge in [-0.3, -0.25) is 19.7 Å². The van der Waals surface area contributed by atoms with Crippen molar-refractivity contribution in [1.82, 2.24) is 14.8 Å². The van der Waals surface area contributed by atoms with Crippen LogP contribution in [0.2, 0.25) is 0 Å². The Morgan fingerprint density at radius 1 is 1.27 bits per heavy atom. The molecule has 0 radical (unpaired) electrons. The van der Waals surface area contributed by atoms with E-state index in [9.17, 15) is 28.3 Å². The number of nitrogens with one attached hydrogen (secondary N) is 1. The molecule has 1 aromatic heterocycles. The number of amides is 1. The van der Waals surface area contributed by atoms with Crippen LogP contribution in [0.5, 0.6) is 5.75 Å². The Balaban J connectivity index is 1.61. The number of carbonyl (C=O) groups excluding carboxylic acids is 2. The van der Waals surface area contributed by atoms with Crippen LogP contribution in [-0.4, -0.2) is 45.5 Å². The molecule has 2 aliphatic heterocycles. The lowest BCUT2D eigenvalue weighted by Gasteiger charge is -2.43. The van der Waals surface area contributed by atoms with E-state index in [2.05, 4.69) is 5.32 Å². The molecule has 9 heteroatoms. The van der Waals surface area contributed by atoms with E-state index in [0.29, 0.717) is 6.54 Å². The minimum absolute atomic E-state index is 0.0261. The van der Waals surface area contributed by atoms with Crippen LogP contribution in [0.4, 0.5) is 8.78 Å². The second kappa shape index (κ2) is 7.64. The Morgan fingerprint density at radius 2 is 2.03 bits per heavy atom. The van der Waals surface area contributed by atoms with Crippen molar-refractivity contribution in [2.75, 3.05) is 13.1 Å². The smallest absolute Gasteiger partial charge is 0.275 e. The molecule has 2 aliphatic rings. The third-order valence-corrected chi connectivity index (χ3v) is 5.61. The SMILES string of the molecule is C[C@H]1CNC2Cn3cc(C(=O)CCc4ccc(F)cc4F)c(=O)c(O)c3C(=O)N2C1. The number of Topliss-reactive ketones (excluding diaryl/α,β-unsaturated/α-hetero) is 1. The number of aromatic nitrogens is 1. The number of carbonyl (C=O) groups is 2. The zero-order chi connectivity index (χ0) is 21.6. The van der Waals surface area contributed by atoms with Gasteiger partial charge in [0.25, 0.3) is 5.91 Å². The molecule has 0 saturated carbocycles. The molecular weight excluding hydrogens is 396 g/mol. The average Bonchev–Trinajstić information content (AvgIpc) is 2.70. The van der Waals surface area contributed by atoms with Crippen LogP contribution in [0.1, 0.15) is 39.8 Å². The topological polar surface area (TPSA) is 91.6 Å². The highest BCUT2D eigenvalue weighted by molar-refractivity contribution is 6.00. The first-order valence-electron chi connectivity index (χ1n) is 9.74. The summed E-state index contributed by atoms with van der Waals surface area (Å²) in [6.45, 7) is 3.51. The van der Waals surface area contributed by atoms with Crippen molar-refractivity contribution in [3.8, 4) is 5.75 Å². The molecule has 7 nitrogen and oxygen atoms in total. The number of rotatable bonds is 4. The van der Waals surface area contributed by atoms with Gasteiger partial charge in [-0.05, 0) is 24.0 Å². The first-order valence-corrected chi connectivity index (χ1v) is 9.74. The monoisotopic (exact) mass is 417 g/mol. The Labute approximate surface area is 170 Å². The van der Waals surface area contributed by atoms with E-state index in [1.807, 2.05) is 6.92 Å². The molecule has 4 rings (SSSR count). The molecule has 1 fully saturated rings. The van der Waals surface area contributed by atoms with Crippen LogP contribution in [0.3, 0.4) is 0 Å². The van der Waals surface area contributed by atoms with E-state index in [1.165, 1.54) is 16.8 Å². The summed E-state index contributed by atoms with van der Waals surface area (Å²) >= 11 is 0. The van der Waals surface area contributed by atoms with Crippen molar-refractivity contribution in [2.45, 2.75) is 32.5 Å². The van der Waals surface area contributed by atoms with Crippen molar-refractivity contribution in [2.24, 2.45) is 5.92 Å². The summed E-state index contributed by atoms with van der Waals surface area (Å²) in [7, 11) is 0. The maximum absolute atomic E-state index is 13.8. The normalized spacial score (nSPS) is 20.6. The van der Waals surface area contributed by atoms with Gasteiger partial charge < -0.3 is 14.6 Å². The molecule has 1 amide bonds. The molecule has 0 aliphatic carbocycles. The highest BCUT2D eigenvalue weighted by Crippen LogP contribution is 2.26. The summed E-state index contributed by atoms with van der Waals surface area (Å²) in [4.78, 5) is 39.6. The van der Waals surface area contributed by atoms with Crippen LogP contribution in [0.15, 0.2) is 29.2 Å². The van der Waals surface area contributed by atoms with Gasteiger partial charge in [-0.2, -0.15) is 0 Å². The van der Waals surface area contributed by atoms with E-state index in [-0.39, 0.29) is 48.3 Å². The Hall–Kier alpha value is -3.07. The number of aromatic hydroxyl groups is 1. The lowest BCUT2D eigenvalue weighted by Crippen LogP contribution is -2.61. The van der Waals surface area contributed by atoms with Gasteiger partial charge in [0.15, 0.2) is 17.2 Å². The molecule has 2 atom stereocenters. The van der Waals surface area contributed by atoms with Gasteiger partial charge in [-0.25, -0.2) is 8.78 Å². The second-order valence-corrected chi connectivity index (χ2v) is 7.87. The molecule has 1 unspecified atom stereocenters. The fraction of sp³-hybridized carbons (Fsp3) is 0.381. The first-order chi connectivity index (χ1) is 14.3. The Morgan fingerprint density at radius 3 is 2.77 bits per heavy atom. The van der Waals surface area contributed by atoms with Crippen molar-refractivity contribution in [3.63, 3.8) is 0 Å². The highest BCUT2D eigenvalue weighted by atomic mass is 19.1. The first kappa shape index (κ1) is 20.2. The molecule has 1 saturated heterocycles. The standard InChI is InChI=1S/C21H21F2N3O4/c1-11-7-24-17-10-25-9-14(19(28)20(29)18(25)21(30)26(17)8-11)16(27)5-3-12-2-4-13(22)6-15(12)23/h2,4,6,9,11,17,24,29H,3,5,7-8,10H2,1H3/t11-,17?/m0/s1. The molecule has 0 bridgehead atoms. The molecule has 3 heterocycles. The number of pyridine rings is 1. The van der Waals surface area contributed by atoms with Crippen molar-refractivity contribution >= 4 is 11.7 Å². The van der Waals surface area contributed by atoms with Gasteiger partial charge in [0.1, 0.15) is 17.8 Å². The van der Waals surface area contributed by atoms with Crippen LogP contribution >= 0.6 is 0 Å². The van der Waals surface area contributed by atoms with Gasteiger partial charge in [-0.15, -0.1) is 0 Å². The Bertz CT molecular complexity index is 1100. The van der Waals surface area contributed by atoms with Gasteiger partial charge in [0, 0.05) is 31.8 Å². The summed E-state index contributed by atoms with van der Waals surface area (Å²) < 4.78 is 28.2. The molecular formula is C21H21F2N3O4. The van der Waals surface area contributed by atoms with Crippen LogP contribution < -0.4 is 10.7 Å². The van der Waals surface area contributed by atoms with Crippen molar-refractivity contribution in [3.05, 3.63) is 63.1 Å². The Kier molecular flexibility index (Phi) is 5.15. The number of nitrogens with zero attached hydrogens (tertiary/aromatic N) is 2. The molecule has 0 spiro atoms. The van der Waals surface area contributed by atoms with Crippen molar-refractivity contribution in [1.29, 1.82) is 0 Å². The number of aryl methyl sites for hydroxylation is 1. The third-order valence-electron chi connectivity index (χ3n) is 5.61. The zero-order valence-electron chi connectivity index (χ0n) is 16.3. The molecule has 158 valence electrons. The summed E-state index contributed by atoms with van der Waals surface area (Å²) in [6.07, 6.45) is 0.770. The molecule has 2 N–H and O–H groups in total. The number of hydrogen-bond donors (Lipinski definition) is 2. The largest absolute Gasteiger partial charge is 0.503 e. The minimum atomic E-state index is -0.921. The fourth-order valence-corrected chi connectivity index (χ4v) is 4.01. The number of ketones is 1. The number of halogens is 2. The van der Waals surface area contributed by atoms with E-state index in [4.69, 9.17) is 0 Å². The van der Waals surface area contributed by atoms with Crippen LogP contribution in [0, 0.1) is 17.6 Å². The minimum Gasteiger partial charge on any atom is -0.503 e. The number of fused-ring (bicyclic) bond motifs is 2. The number of benzene rings is 1. The van der Waals surface area contributed by atoms with E-state index in [1.54, 1.807) is 4.90 Å². The van der Waals surface area contributed by atoms with Gasteiger partial charge in [0.05, 0.1) is 12.1 Å². The maximum atomic E-state index is 13.8. The average molecular weight is 417 g/mol. The van der Waals surface area contributed by atoms with E-state index < -0.39 is 34.5 Å². The predicted molar refractivity (Wildman–Crippen MR) is 103 cm³/mol. The van der Waals surface area contributed by atoms with Gasteiger partial charge in [-0.1, -0.05) is 13.0 Å². The second-order valence-electron chi connectivity index (χ2n) is 7.87. The van der Waals surface area contributed by atoms with Crippen molar-refractivity contribution < 1.29 is 23.5 Å². The van der Waals surface area contributed by atoms with Crippen LogP contribution in [0.25, 0.3) is 0 Å².